The monoisotopic (exact) mass is 247 g/mol. The molecule has 0 fully saturated rings. The van der Waals surface area contributed by atoms with Gasteiger partial charge in [-0.3, -0.25) is 4.98 Å². The zero-order valence-electron chi connectivity index (χ0n) is 9.64. The van der Waals surface area contributed by atoms with Gasteiger partial charge in [-0.2, -0.15) is 0 Å². The molecule has 0 unspecified atom stereocenters. The number of rotatable bonds is 4. The quantitative estimate of drug-likeness (QED) is 0.738. The highest BCUT2D eigenvalue weighted by Gasteiger charge is 2.16. The number of hydrogen-bond acceptors (Lipinski definition) is 6. The first kappa shape index (κ1) is 10.7. The predicted octanol–water partition coefficient (Wildman–Crippen LogP) is 0.770. The number of nitrogens with zero attached hydrogens (tertiary/aromatic N) is 2. The first-order chi connectivity index (χ1) is 8.83. The van der Waals surface area contributed by atoms with Crippen molar-refractivity contribution in [1.29, 1.82) is 0 Å². The molecular formula is C11H13N5O2. The Balaban J connectivity index is 1.62. The van der Waals surface area contributed by atoms with E-state index in [1.54, 1.807) is 0 Å². The molecule has 1 aliphatic heterocycles. The minimum atomic E-state index is 0.290. The van der Waals surface area contributed by atoms with E-state index in [1.165, 1.54) is 0 Å². The Morgan fingerprint density at radius 2 is 2.28 bits per heavy atom. The van der Waals surface area contributed by atoms with Crippen molar-refractivity contribution in [1.82, 2.24) is 15.2 Å². The largest absolute Gasteiger partial charge is 0.454 e. The maximum Gasteiger partial charge on any atom is 0.231 e. The third-order valence-corrected chi connectivity index (χ3v) is 2.67. The van der Waals surface area contributed by atoms with Gasteiger partial charge in [-0.1, -0.05) is 12.1 Å². The van der Waals surface area contributed by atoms with Crippen molar-refractivity contribution in [3.63, 3.8) is 0 Å². The van der Waals surface area contributed by atoms with E-state index in [-0.39, 0.29) is 0 Å². The van der Waals surface area contributed by atoms with E-state index in [2.05, 4.69) is 20.5 Å². The van der Waals surface area contributed by atoms with Crippen LogP contribution in [0.25, 0.3) is 0 Å². The van der Waals surface area contributed by atoms with Crippen LogP contribution in [0.4, 0.5) is 11.9 Å². The van der Waals surface area contributed by atoms with Gasteiger partial charge in [0.25, 0.3) is 0 Å². The van der Waals surface area contributed by atoms with Crippen molar-refractivity contribution in [2.75, 3.05) is 24.4 Å². The van der Waals surface area contributed by atoms with Gasteiger partial charge in [-0.15, -0.1) is 10.2 Å². The number of hydrogen-bond donors (Lipinski definition) is 3. The molecule has 2 heterocycles. The van der Waals surface area contributed by atoms with Gasteiger partial charge < -0.3 is 20.5 Å². The summed E-state index contributed by atoms with van der Waals surface area (Å²) < 4.78 is 10.8. The molecule has 0 spiro atoms. The van der Waals surface area contributed by atoms with Gasteiger partial charge in [0.2, 0.25) is 18.7 Å². The molecule has 0 radical (unpaired) electrons. The third kappa shape index (κ3) is 2.02. The molecule has 7 heteroatoms. The van der Waals surface area contributed by atoms with Crippen LogP contribution < -0.4 is 20.5 Å². The molecule has 0 saturated heterocycles. The number of para-hydroxylation sites is 1. The molecule has 94 valence electrons. The molecule has 2 aromatic rings. The third-order valence-electron chi connectivity index (χ3n) is 2.67. The van der Waals surface area contributed by atoms with Crippen LogP contribution >= 0.6 is 0 Å². The van der Waals surface area contributed by atoms with E-state index in [0.717, 1.165) is 23.5 Å². The van der Waals surface area contributed by atoms with E-state index in [0.29, 0.717) is 25.2 Å². The fourth-order valence-corrected chi connectivity index (χ4v) is 1.86. The molecule has 18 heavy (non-hydrogen) atoms. The maximum atomic E-state index is 5.43. The second-order valence-electron chi connectivity index (χ2n) is 3.89. The second kappa shape index (κ2) is 4.44. The lowest BCUT2D eigenvalue weighted by Gasteiger charge is -2.06. The highest BCUT2D eigenvalue weighted by Crippen LogP contribution is 2.35. The summed E-state index contributed by atoms with van der Waals surface area (Å²) in [7, 11) is 0. The van der Waals surface area contributed by atoms with Crippen LogP contribution in [-0.4, -0.2) is 28.5 Å². The minimum absolute atomic E-state index is 0.290. The van der Waals surface area contributed by atoms with E-state index < -0.39 is 0 Å². The second-order valence-corrected chi connectivity index (χ2v) is 3.89. The molecule has 1 aliphatic rings. The molecule has 0 aliphatic carbocycles. The first-order valence-electron chi connectivity index (χ1n) is 5.62. The smallest absolute Gasteiger partial charge is 0.231 e. The Bertz CT molecular complexity index is 554. The minimum Gasteiger partial charge on any atom is -0.454 e. The molecule has 0 saturated carbocycles. The van der Waals surface area contributed by atoms with Crippen LogP contribution in [0.2, 0.25) is 0 Å². The number of nitrogens with two attached hydrogens (primary N) is 1. The van der Waals surface area contributed by atoms with Crippen molar-refractivity contribution in [3.05, 3.63) is 23.8 Å². The highest BCUT2D eigenvalue weighted by atomic mass is 16.7. The van der Waals surface area contributed by atoms with E-state index >= 15 is 0 Å². The van der Waals surface area contributed by atoms with Gasteiger partial charge in [0, 0.05) is 6.54 Å². The zero-order chi connectivity index (χ0) is 12.4. The number of ether oxygens (including phenoxy) is 2. The van der Waals surface area contributed by atoms with Crippen molar-refractivity contribution in [2.45, 2.75) is 6.42 Å². The Morgan fingerprint density at radius 3 is 3.11 bits per heavy atom. The van der Waals surface area contributed by atoms with Crippen LogP contribution in [-0.2, 0) is 6.42 Å². The standard InChI is InChI=1S/C11H13N5O2/c12-10-14-11(16-15-10)13-5-4-7-2-1-3-8-9(7)18-6-17-8/h1-3H,4-6H2,(H4,12,13,14,15,16). The Kier molecular flexibility index (Phi) is 2.64. The van der Waals surface area contributed by atoms with Crippen molar-refractivity contribution in [2.24, 2.45) is 0 Å². The van der Waals surface area contributed by atoms with Gasteiger partial charge in [0.1, 0.15) is 0 Å². The number of nitrogens with one attached hydrogen (secondary N) is 2. The Morgan fingerprint density at radius 1 is 1.33 bits per heavy atom. The summed E-state index contributed by atoms with van der Waals surface area (Å²) in [5.74, 6) is 2.50. The number of aromatic amines is 1. The van der Waals surface area contributed by atoms with Crippen molar-refractivity contribution in [3.8, 4) is 11.5 Å². The maximum absolute atomic E-state index is 5.43. The summed E-state index contributed by atoms with van der Waals surface area (Å²) in [6.07, 6.45) is 0.799. The summed E-state index contributed by atoms with van der Waals surface area (Å²) in [4.78, 5) is 2.80. The molecule has 7 nitrogen and oxygen atoms in total. The highest BCUT2D eigenvalue weighted by molar-refractivity contribution is 5.48. The van der Waals surface area contributed by atoms with Crippen molar-refractivity contribution >= 4 is 11.9 Å². The fraction of sp³-hybridized carbons (Fsp3) is 0.273. The van der Waals surface area contributed by atoms with E-state index in [4.69, 9.17) is 15.2 Å². The first-order valence-corrected chi connectivity index (χ1v) is 5.62. The van der Waals surface area contributed by atoms with Crippen LogP contribution in [0, 0.1) is 0 Å². The normalized spacial score (nSPS) is 12.7. The lowest BCUT2D eigenvalue weighted by atomic mass is 10.1. The average molecular weight is 247 g/mol. The number of anilines is 2. The number of nitrogen functional groups attached to an aromatic ring is 1. The zero-order valence-corrected chi connectivity index (χ0v) is 9.64. The summed E-state index contributed by atoms with van der Waals surface area (Å²) in [6.45, 7) is 0.993. The topological polar surface area (TPSA) is 98.1 Å². The van der Waals surface area contributed by atoms with Gasteiger partial charge >= 0.3 is 0 Å². The Labute approximate surface area is 103 Å². The molecule has 4 N–H and O–H groups in total. The van der Waals surface area contributed by atoms with Crippen LogP contribution in [0.15, 0.2) is 18.2 Å². The van der Waals surface area contributed by atoms with Gasteiger partial charge in [-0.25, -0.2) is 0 Å². The van der Waals surface area contributed by atoms with Gasteiger partial charge in [0.05, 0.1) is 0 Å². The lowest BCUT2D eigenvalue weighted by molar-refractivity contribution is 0.173. The summed E-state index contributed by atoms with van der Waals surface area (Å²) in [6, 6.07) is 5.87. The summed E-state index contributed by atoms with van der Waals surface area (Å²) in [5, 5.41) is 10.6. The molecule has 3 rings (SSSR count). The number of fused-ring (bicyclic) bond motifs is 1. The predicted molar refractivity (Wildman–Crippen MR) is 65.6 cm³/mol. The number of aromatic nitrogens is 3. The molecule has 1 aromatic carbocycles. The number of H-pyrrole nitrogens is 1. The molecular weight excluding hydrogens is 234 g/mol. The SMILES string of the molecule is Nc1nnc(NCCc2cccc3c2OCO3)[nH]1. The molecule has 0 atom stereocenters. The molecule has 1 aromatic heterocycles. The summed E-state index contributed by atoms with van der Waals surface area (Å²) in [5.41, 5.74) is 6.53. The van der Waals surface area contributed by atoms with E-state index in [9.17, 15) is 0 Å². The van der Waals surface area contributed by atoms with Crippen LogP contribution in [0.1, 0.15) is 5.56 Å². The van der Waals surface area contributed by atoms with Gasteiger partial charge in [-0.05, 0) is 18.1 Å². The molecule has 0 amide bonds. The number of benzene rings is 1. The van der Waals surface area contributed by atoms with Gasteiger partial charge in [0.15, 0.2) is 11.5 Å². The van der Waals surface area contributed by atoms with E-state index in [1.807, 2.05) is 18.2 Å². The average Bonchev–Trinajstić information content (AvgIpc) is 2.98. The Hall–Kier alpha value is -2.44. The summed E-state index contributed by atoms with van der Waals surface area (Å²) >= 11 is 0. The van der Waals surface area contributed by atoms with Crippen LogP contribution in [0.3, 0.4) is 0 Å². The van der Waals surface area contributed by atoms with Crippen LogP contribution in [0.5, 0.6) is 11.5 Å². The van der Waals surface area contributed by atoms with Crippen molar-refractivity contribution < 1.29 is 9.47 Å². The lowest BCUT2D eigenvalue weighted by Crippen LogP contribution is -2.06. The fourth-order valence-electron chi connectivity index (χ4n) is 1.86. The molecule has 0 bridgehead atoms.